The van der Waals surface area contributed by atoms with Crippen molar-refractivity contribution in [2.24, 2.45) is 0 Å². The Bertz CT molecular complexity index is 945. The monoisotopic (exact) mass is 421 g/mol. The van der Waals surface area contributed by atoms with Crippen LogP contribution in [-0.2, 0) is 4.74 Å². The van der Waals surface area contributed by atoms with Crippen LogP contribution in [0.2, 0.25) is 0 Å². The minimum Gasteiger partial charge on any atom is -0.490 e. The van der Waals surface area contributed by atoms with Crippen LogP contribution in [-0.4, -0.2) is 38.9 Å². The fourth-order valence-electron chi connectivity index (χ4n) is 2.85. The molecule has 3 rings (SSSR count). The number of hydrogen-bond donors (Lipinski definition) is 1. The minimum absolute atomic E-state index is 0.277. The number of anilines is 1. The molecule has 6 heteroatoms. The molecule has 31 heavy (non-hydrogen) atoms. The molecule has 1 N–H and O–H groups in total. The zero-order valence-corrected chi connectivity index (χ0v) is 17.6. The molecule has 3 aromatic rings. The van der Waals surface area contributed by atoms with Gasteiger partial charge in [0.15, 0.2) is 0 Å². The van der Waals surface area contributed by atoms with E-state index in [1.165, 1.54) is 0 Å². The predicted octanol–water partition coefficient (Wildman–Crippen LogP) is 4.81. The lowest BCUT2D eigenvalue weighted by Crippen LogP contribution is -2.16. The Morgan fingerprint density at radius 1 is 0.710 bits per heavy atom. The maximum absolute atomic E-state index is 12.9. The molecule has 0 aliphatic rings. The Labute approximate surface area is 182 Å². The minimum atomic E-state index is -0.277. The molecule has 162 valence electrons. The first-order chi connectivity index (χ1) is 15.3. The van der Waals surface area contributed by atoms with Crippen LogP contribution in [0.1, 0.15) is 17.3 Å². The first-order valence-electron chi connectivity index (χ1n) is 10.3. The number of para-hydroxylation sites is 4. The van der Waals surface area contributed by atoms with E-state index in [0.29, 0.717) is 55.8 Å². The molecule has 1 amide bonds. The van der Waals surface area contributed by atoms with Gasteiger partial charge in [0.2, 0.25) is 0 Å². The van der Waals surface area contributed by atoms with Crippen molar-refractivity contribution in [3.63, 3.8) is 0 Å². The van der Waals surface area contributed by atoms with Gasteiger partial charge in [0.1, 0.15) is 37.1 Å². The summed E-state index contributed by atoms with van der Waals surface area (Å²) < 4.78 is 22.5. The number of carbonyl (C=O) groups is 1. The summed E-state index contributed by atoms with van der Waals surface area (Å²) in [4.78, 5) is 12.9. The fraction of sp³-hybridized carbons (Fsp3) is 0.240. The topological polar surface area (TPSA) is 66.0 Å². The summed E-state index contributed by atoms with van der Waals surface area (Å²) >= 11 is 0. The highest BCUT2D eigenvalue weighted by molar-refractivity contribution is 6.06. The van der Waals surface area contributed by atoms with Crippen LogP contribution in [0, 0.1) is 0 Å². The maximum Gasteiger partial charge on any atom is 0.259 e. The summed E-state index contributed by atoms with van der Waals surface area (Å²) in [5.41, 5.74) is 1.03. The van der Waals surface area contributed by atoms with Gasteiger partial charge >= 0.3 is 0 Å². The van der Waals surface area contributed by atoms with Crippen molar-refractivity contribution in [3.8, 4) is 17.2 Å². The lowest BCUT2D eigenvalue weighted by atomic mass is 10.1. The van der Waals surface area contributed by atoms with Gasteiger partial charge in [-0.3, -0.25) is 4.79 Å². The molecule has 0 saturated heterocycles. The van der Waals surface area contributed by atoms with E-state index < -0.39 is 0 Å². The number of benzene rings is 3. The molecule has 0 fully saturated rings. The fourth-order valence-corrected chi connectivity index (χ4v) is 2.85. The maximum atomic E-state index is 12.9. The van der Waals surface area contributed by atoms with Gasteiger partial charge in [0, 0.05) is 6.61 Å². The average Bonchev–Trinajstić information content (AvgIpc) is 2.81. The lowest BCUT2D eigenvalue weighted by Gasteiger charge is -2.14. The molecule has 0 bridgehead atoms. The van der Waals surface area contributed by atoms with E-state index in [1.54, 1.807) is 24.3 Å². The van der Waals surface area contributed by atoms with Crippen LogP contribution in [0.5, 0.6) is 17.2 Å². The van der Waals surface area contributed by atoms with E-state index in [1.807, 2.05) is 61.5 Å². The highest BCUT2D eigenvalue weighted by Gasteiger charge is 2.14. The first-order valence-corrected chi connectivity index (χ1v) is 10.3. The second-order valence-corrected chi connectivity index (χ2v) is 6.50. The smallest absolute Gasteiger partial charge is 0.259 e. The van der Waals surface area contributed by atoms with E-state index in [9.17, 15) is 4.79 Å². The molecule has 0 aliphatic carbocycles. The third kappa shape index (κ3) is 7.04. The van der Waals surface area contributed by atoms with Crippen LogP contribution >= 0.6 is 0 Å². The number of carbonyl (C=O) groups excluding carboxylic acids is 1. The number of rotatable bonds is 12. The second-order valence-electron chi connectivity index (χ2n) is 6.50. The van der Waals surface area contributed by atoms with Gasteiger partial charge in [0.05, 0.1) is 17.9 Å². The van der Waals surface area contributed by atoms with Gasteiger partial charge in [-0.05, 0) is 43.3 Å². The predicted molar refractivity (Wildman–Crippen MR) is 120 cm³/mol. The van der Waals surface area contributed by atoms with Crippen molar-refractivity contribution >= 4 is 11.6 Å². The molecule has 0 radical (unpaired) electrons. The van der Waals surface area contributed by atoms with E-state index in [4.69, 9.17) is 18.9 Å². The lowest BCUT2D eigenvalue weighted by molar-refractivity contribution is 0.101. The van der Waals surface area contributed by atoms with Gasteiger partial charge in [-0.25, -0.2) is 0 Å². The zero-order valence-electron chi connectivity index (χ0n) is 17.6. The number of ether oxygens (including phenoxy) is 4. The quantitative estimate of drug-likeness (QED) is 0.425. The summed E-state index contributed by atoms with van der Waals surface area (Å²) in [6, 6.07) is 23.9. The summed E-state index contributed by atoms with van der Waals surface area (Å²) in [5.74, 6) is 1.58. The standard InChI is InChI=1S/C25H27NO5/c1-2-28-16-17-31-24-15-9-7-13-22(24)26-25(27)21-12-6-8-14-23(21)30-19-18-29-20-10-4-3-5-11-20/h3-15H,2,16-19H2,1H3,(H,26,27). The summed E-state index contributed by atoms with van der Waals surface area (Å²) in [7, 11) is 0. The highest BCUT2D eigenvalue weighted by atomic mass is 16.5. The van der Waals surface area contributed by atoms with E-state index in [2.05, 4.69) is 5.32 Å². The van der Waals surface area contributed by atoms with Crippen molar-refractivity contribution in [2.45, 2.75) is 6.92 Å². The Morgan fingerprint density at radius 2 is 1.32 bits per heavy atom. The molecular weight excluding hydrogens is 394 g/mol. The first kappa shape index (κ1) is 22.2. The van der Waals surface area contributed by atoms with Gasteiger partial charge in [-0.2, -0.15) is 0 Å². The van der Waals surface area contributed by atoms with Gasteiger partial charge in [-0.1, -0.05) is 42.5 Å². The number of hydrogen-bond acceptors (Lipinski definition) is 5. The molecule has 0 aliphatic heterocycles. The molecule has 3 aromatic carbocycles. The molecular formula is C25H27NO5. The third-order valence-electron chi connectivity index (χ3n) is 4.31. The Hall–Kier alpha value is -3.51. The van der Waals surface area contributed by atoms with Gasteiger partial charge in [0.25, 0.3) is 5.91 Å². The highest BCUT2D eigenvalue weighted by Crippen LogP contribution is 2.26. The molecule has 0 atom stereocenters. The second kappa shape index (κ2) is 12.2. The Morgan fingerprint density at radius 3 is 2.13 bits per heavy atom. The zero-order chi connectivity index (χ0) is 21.7. The number of nitrogens with one attached hydrogen (secondary N) is 1. The molecule has 0 unspecified atom stereocenters. The van der Waals surface area contributed by atoms with Crippen LogP contribution in [0.3, 0.4) is 0 Å². The van der Waals surface area contributed by atoms with E-state index in [-0.39, 0.29) is 5.91 Å². The number of amides is 1. The van der Waals surface area contributed by atoms with Crippen LogP contribution in [0.15, 0.2) is 78.9 Å². The molecule has 0 aromatic heterocycles. The van der Waals surface area contributed by atoms with Crippen molar-refractivity contribution in [3.05, 3.63) is 84.4 Å². The average molecular weight is 421 g/mol. The SMILES string of the molecule is CCOCCOc1ccccc1NC(=O)c1ccccc1OCCOc1ccccc1. The largest absolute Gasteiger partial charge is 0.490 e. The van der Waals surface area contributed by atoms with Crippen molar-refractivity contribution < 1.29 is 23.7 Å². The van der Waals surface area contributed by atoms with Crippen molar-refractivity contribution in [2.75, 3.05) is 38.4 Å². The van der Waals surface area contributed by atoms with E-state index >= 15 is 0 Å². The van der Waals surface area contributed by atoms with Crippen LogP contribution in [0.4, 0.5) is 5.69 Å². The third-order valence-corrected chi connectivity index (χ3v) is 4.31. The summed E-state index contributed by atoms with van der Waals surface area (Å²) in [6.07, 6.45) is 0. The summed E-state index contributed by atoms with van der Waals surface area (Å²) in [5, 5.41) is 2.91. The molecule has 0 saturated carbocycles. The Balaban J connectivity index is 1.58. The summed E-state index contributed by atoms with van der Waals surface area (Å²) in [6.45, 7) is 4.14. The van der Waals surface area contributed by atoms with Crippen LogP contribution in [0.25, 0.3) is 0 Å². The van der Waals surface area contributed by atoms with E-state index in [0.717, 1.165) is 5.75 Å². The molecule has 0 spiro atoms. The normalized spacial score (nSPS) is 10.4. The molecule has 0 heterocycles. The van der Waals surface area contributed by atoms with Crippen LogP contribution < -0.4 is 19.5 Å². The van der Waals surface area contributed by atoms with Crippen molar-refractivity contribution in [1.82, 2.24) is 0 Å². The Kier molecular flexibility index (Phi) is 8.76. The van der Waals surface area contributed by atoms with Gasteiger partial charge in [-0.15, -0.1) is 0 Å². The van der Waals surface area contributed by atoms with Gasteiger partial charge < -0.3 is 24.3 Å². The van der Waals surface area contributed by atoms with Crippen molar-refractivity contribution in [1.29, 1.82) is 0 Å². The molecule has 6 nitrogen and oxygen atoms in total.